The zero-order chi connectivity index (χ0) is 22.0. The van der Waals surface area contributed by atoms with E-state index >= 15 is 0 Å². The Morgan fingerprint density at radius 2 is 2.03 bits per heavy atom. The molecule has 11 heteroatoms. The van der Waals surface area contributed by atoms with Gasteiger partial charge in [0.25, 0.3) is 0 Å². The van der Waals surface area contributed by atoms with Gasteiger partial charge < -0.3 is 15.4 Å². The topological polar surface area (TPSA) is 76.1 Å². The molecule has 0 saturated heterocycles. The van der Waals surface area contributed by atoms with Crippen LogP contribution in [-0.2, 0) is 4.79 Å². The van der Waals surface area contributed by atoms with Crippen LogP contribution in [0.4, 0.5) is 24.0 Å². The van der Waals surface area contributed by atoms with Crippen LogP contribution in [0.3, 0.4) is 0 Å². The van der Waals surface area contributed by atoms with Crippen LogP contribution in [0.25, 0.3) is 0 Å². The standard InChI is InChI=1S/C20H23F3N4O2S2/c1-11(16-9-12-2-3-13(16)8-12)24-17(28)10-30-19-27-26-18(31-19)25-14-4-6-15(7-5-14)29-20(21,22)23/h4-7,11-13,16H,2-3,8-10H2,1H3,(H,24,28)(H,25,26)/t11-,12-,13-,16-/m0/s1. The molecule has 2 saturated carbocycles. The molecule has 1 aromatic carbocycles. The third kappa shape index (κ3) is 6.03. The van der Waals surface area contributed by atoms with Crippen LogP contribution in [0.2, 0.25) is 0 Å². The van der Waals surface area contributed by atoms with Crippen LogP contribution < -0.4 is 15.4 Å². The van der Waals surface area contributed by atoms with E-state index in [1.165, 1.54) is 73.0 Å². The number of alkyl halides is 3. The average Bonchev–Trinajstić information content (AvgIpc) is 3.44. The smallest absolute Gasteiger partial charge is 0.406 e. The lowest BCUT2D eigenvalue weighted by atomic mass is 9.84. The van der Waals surface area contributed by atoms with Crippen molar-refractivity contribution >= 4 is 39.8 Å². The first kappa shape index (κ1) is 22.2. The number of ether oxygens (including phenoxy) is 1. The summed E-state index contributed by atoms with van der Waals surface area (Å²) in [5, 5.41) is 14.7. The molecule has 2 aliphatic carbocycles. The molecule has 31 heavy (non-hydrogen) atoms. The number of carbonyl (C=O) groups excluding carboxylic acids is 1. The minimum Gasteiger partial charge on any atom is -0.406 e. The van der Waals surface area contributed by atoms with Crippen molar-refractivity contribution < 1.29 is 22.7 Å². The quantitative estimate of drug-likeness (QED) is 0.514. The molecule has 6 nitrogen and oxygen atoms in total. The number of thioether (sulfide) groups is 1. The van der Waals surface area contributed by atoms with Gasteiger partial charge in [0.05, 0.1) is 5.75 Å². The third-order valence-corrected chi connectivity index (χ3v) is 7.87. The van der Waals surface area contributed by atoms with Crippen molar-refractivity contribution in [2.45, 2.75) is 49.4 Å². The van der Waals surface area contributed by atoms with E-state index < -0.39 is 6.36 Å². The van der Waals surface area contributed by atoms with Crippen molar-refractivity contribution in [3.8, 4) is 5.75 Å². The number of halogens is 3. The fourth-order valence-corrected chi connectivity index (χ4v) is 6.20. The molecular formula is C20H23F3N4O2S2. The van der Waals surface area contributed by atoms with Crippen LogP contribution in [0.1, 0.15) is 32.6 Å². The summed E-state index contributed by atoms with van der Waals surface area (Å²) in [6, 6.07) is 5.54. The number of hydrogen-bond donors (Lipinski definition) is 2. The third-order valence-electron chi connectivity index (χ3n) is 5.90. The van der Waals surface area contributed by atoms with E-state index in [0.29, 0.717) is 21.1 Å². The van der Waals surface area contributed by atoms with Gasteiger partial charge in [-0.05, 0) is 68.2 Å². The molecule has 2 N–H and O–H groups in total. The Hall–Kier alpha value is -2.01. The Morgan fingerprint density at radius 3 is 2.68 bits per heavy atom. The van der Waals surface area contributed by atoms with Crippen molar-refractivity contribution in [1.29, 1.82) is 0 Å². The van der Waals surface area contributed by atoms with Crippen LogP contribution >= 0.6 is 23.1 Å². The molecule has 0 unspecified atom stereocenters. The van der Waals surface area contributed by atoms with Crippen LogP contribution in [0.5, 0.6) is 5.75 Å². The second-order valence-corrected chi connectivity index (χ2v) is 10.3. The monoisotopic (exact) mass is 472 g/mol. The first-order valence-electron chi connectivity index (χ1n) is 10.1. The zero-order valence-electron chi connectivity index (χ0n) is 16.8. The van der Waals surface area contributed by atoms with Crippen LogP contribution in [0.15, 0.2) is 28.6 Å². The minimum absolute atomic E-state index is 0.00904. The van der Waals surface area contributed by atoms with Crippen molar-refractivity contribution in [2.24, 2.45) is 17.8 Å². The summed E-state index contributed by atoms with van der Waals surface area (Å²) in [7, 11) is 0. The molecule has 2 fully saturated rings. The molecule has 168 valence electrons. The Labute approximate surface area is 186 Å². The molecule has 0 aliphatic heterocycles. The largest absolute Gasteiger partial charge is 0.573 e. The van der Waals surface area contributed by atoms with Gasteiger partial charge >= 0.3 is 6.36 Å². The van der Waals surface area contributed by atoms with Gasteiger partial charge in [-0.2, -0.15) is 0 Å². The molecule has 2 aliphatic rings. The highest BCUT2D eigenvalue weighted by atomic mass is 32.2. The van der Waals surface area contributed by atoms with Crippen molar-refractivity contribution in [1.82, 2.24) is 15.5 Å². The van der Waals surface area contributed by atoms with E-state index in [1.54, 1.807) is 0 Å². The predicted octanol–water partition coefficient (Wildman–Crippen LogP) is 5.21. The molecule has 2 aromatic rings. The van der Waals surface area contributed by atoms with E-state index in [-0.39, 0.29) is 23.5 Å². The predicted molar refractivity (Wildman–Crippen MR) is 114 cm³/mol. The van der Waals surface area contributed by atoms with Crippen molar-refractivity contribution in [3.05, 3.63) is 24.3 Å². The fourth-order valence-electron chi connectivity index (χ4n) is 4.62. The number of nitrogens with zero attached hydrogens (tertiary/aromatic N) is 2. The minimum atomic E-state index is -4.72. The van der Waals surface area contributed by atoms with E-state index in [1.807, 2.05) is 0 Å². The molecule has 4 rings (SSSR count). The average molecular weight is 473 g/mol. The summed E-state index contributed by atoms with van der Waals surface area (Å²) in [5.41, 5.74) is 0.555. The summed E-state index contributed by atoms with van der Waals surface area (Å²) in [6.45, 7) is 2.10. The number of amides is 1. The molecule has 2 bridgehead atoms. The highest BCUT2D eigenvalue weighted by Crippen LogP contribution is 2.49. The van der Waals surface area contributed by atoms with E-state index in [9.17, 15) is 18.0 Å². The van der Waals surface area contributed by atoms with Gasteiger partial charge in [-0.15, -0.1) is 23.4 Å². The molecule has 1 heterocycles. The van der Waals surface area contributed by atoms with E-state index in [0.717, 1.165) is 11.8 Å². The highest BCUT2D eigenvalue weighted by molar-refractivity contribution is 8.01. The molecule has 0 spiro atoms. The summed E-state index contributed by atoms with van der Waals surface area (Å²) in [5.74, 6) is 2.17. The lowest BCUT2D eigenvalue weighted by molar-refractivity contribution is -0.274. The number of carbonyl (C=O) groups is 1. The number of hydrogen-bond acceptors (Lipinski definition) is 7. The van der Waals surface area contributed by atoms with E-state index in [4.69, 9.17) is 0 Å². The van der Waals surface area contributed by atoms with Crippen molar-refractivity contribution in [2.75, 3.05) is 11.1 Å². The Kier molecular flexibility index (Phi) is 6.61. The molecule has 1 aromatic heterocycles. The maximum Gasteiger partial charge on any atom is 0.573 e. The summed E-state index contributed by atoms with van der Waals surface area (Å²) >= 11 is 2.59. The Balaban J connectivity index is 1.22. The summed E-state index contributed by atoms with van der Waals surface area (Å²) in [4.78, 5) is 12.3. The van der Waals surface area contributed by atoms with Crippen LogP contribution in [-0.4, -0.2) is 34.3 Å². The SMILES string of the molecule is C[C@H](NC(=O)CSc1nnc(Nc2ccc(OC(F)(F)F)cc2)s1)[C@@H]1C[C@H]2CC[C@H]1C2. The molecule has 1 amide bonds. The first-order valence-corrected chi connectivity index (χ1v) is 11.9. The highest BCUT2D eigenvalue weighted by Gasteiger charge is 2.42. The van der Waals surface area contributed by atoms with Gasteiger partial charge in [0.1, 0.15) is 5.75 Å². The second kappa shape index (κ2) is 9.23. The lowest BCUT2D eigenvalue weighted by Crippen LogP contribution is -2.40. The molecule has 4 atom stereocenters. The number of aromatic nitrogens is 2. The Morgan fingerprint density at radius 1 is 1.26 bits per heavy atom. The Bertz CT molecular complexity index is 907. The first-order chi connectivity index (χ1) is 14.7. The van der Waals surface area contributed by atoms with Gasteiger partial charge in [0, 0.05) is 11.7 Å². The number of rotatable bonds is 8. The summed E-state index contributed by atoms with van der Waals surface area (Å²) in [6.07, 6.45) is 0.465. The summed E-state index contributed by atoms with van der Waals surface area (Å²) < 4.78 is 41.1. The van der Waals surface area contributed by atoms with E-state index in [2.05, 4.69) is 32.5 Å². The second-order valence-electron chi connectivity index (χ2n) is 8.05. The maximum atomic E-state index is 12.3. The number of benzene rings is 1. The van der Waals surface area contributed by atoms with Crippen molar-refractivity contribution in [3.63, 3.8) is 0 Å². The number of nitrogens with one attached hydrogen (secondary N) is 2. The fraction of sp³-hybridized carbons (Fsp3) is 0.550. The molecular weight excluding hydrogens is 449 g/mol. The number of anilines is 2. The van der Waals surface area contributed by atoms with Gasteiger partial charge in [-0.3, -0.25) is 4.79 Å². The van der Waals surface area contributed by atoms with Gasteiger partial charge in [0.2, 0.25) is 11.0 Å². The van der Waals surface area contributed by atoms with Gasteiger partial charge in [0.15, 0.2) is 4.34 Å². The van der Waals surface area contributed by atoms with Crippen LogP contribution in [0, 0.1) is 17.8 Å². The normalized spacial score (nSPS) is 23.5. The van der Waals surface area contributed by atoms with Gasteiger partial charge in [-0.1, -0.05) is 29.5 Å². The number of fused-ring (bicyclic) bond motifs is 2. The zero-order valence-corrected chi connectivity index (χ0v) is 18.4. The molecule has 0 radical (unpaired) electrons. The van der Waals surface area contributed by atoms with Gasteiger partial charge in [-0.25, -0.2) is 0 Å². The maximum absolute atomic E-state index is 12.3. The lowest BCUT2D eigenvalue weighted by Gasteiger charge is -2.28.